The minimum absolute atomic E-state index is 0.0790. The number of para-hydroxylation sites is 1. The molecule has 0 aromatic heterocycles. The zero-order valence-corrected chi connectivity index (χ0v) is 17.2. The molecule has 0 fully saturated rings. The lowest BCUT2D eigenvalue weighted by molar-refractivity contribution is -0.116. The highest BCUT2D eigenvalue weighted by Crippen LogP contribution is 2.16. The summed E-state index contributed by atoms with van der Waals surface area (Å²) in [7, 11) is -2.24. The van der Waals surface area contributed by atoms with Gasteiger partial charge >= 0.3 is 0 Å². The molecule has 2 aromatic carbocycles. The summed E-state index contributed by atoms with van der Waals surface area (Å²) < 4.78 is 31.9. The van der Waals surface area contributed by atoms with Crippen LogP contribution in [0.15, 0.2) is 53.4 Å². The number of hydrogen-bond donors (Lipinski definition) is 3. The summed E-state index contributed by atoms with van der Waals surface area (Å²) in [6, 6.07) is 12.6. The second-order valence-electron chi connectivity index (χ2n) is 6.17. The highest BCUT2D eigenvalue weighted by atomic mass is 32.2. The predicted molar refractivity (Wildman–Crippen MR) is 110 cm³/mol. The zero-order chi connectivity index (χ0) is 21.3. The van der Waals surface area contributed by atoms with Gasteiger partial charge in [-0.1, -0.05) is 19.1 Å². The second kappa shape index (κ2) is 10.6. The minimum Gasteiger partial charge on any atom is -0.497 e. The first-order valence-corrected chi connectivity index (χ1v) is 10.7. The molecule has 8 nitrogen and oxygen atoms in total. The van der Waals surface area contributed by atoms with Gasteiger partial charge in [0.2, 0.25) is 15.9 Å². The van der Waals surface area contributed by atoms with E-state index in [4.69, 9.17) is 4.74 Å². The molecule has 2 amide bonds. The van der Waals surface area contributed by atoms with Crippen LogP contribution < -0.4 is 20.1 Å². The molecule has 0 unspecified atom stereocenters. The fourth-order valence-electron chi connectivity index (χ4n) is 2.47. The van der Waals surface area contributed by atoms with Crippen LogP contribution in [-0.4, -0.2) is 40.4 Å². The van der Waals surface area contributed by atoms with Gasteiger partial charge in [0.1, 0.15) is 5.75 Å². The molecule has 0 heterocycles. The van der Waals surface area contributed by atoms with Gasteiger partial charge in [0.05, 0.1) is 23.3 Å². The van der Waals surface area contributed by atoms with Crippen LogP contribution in [0.5, 0.6) is 5.75 Å². The van der Waals surface area contributed by atoms with E-state index in [1.807, 2.05) is 6.92 Å². The highest BCUT2D eigenvalue weighted by molar-refractivity contribution is 7.89. The van der Waals surface area contributed by atoms with Crippen LogP contribution in [0.2, 0.25) is 0 Å². The van der Waals surface area contributed by atoms with Gasteiger partial charge in [0, 0.05) is 19.5 Å². The van der Waals surface area contributed by atoms with Crippen molar-refractivity contribution in [2.75, 3.05) is 25.5 Å². The first kappa shape index (κ1) is 22.4. The first-order valence-electron chi connectivity index (χ1n) is 9.18. The van der Waals surface area contributed by atoms with E-state index in [0.717, 1.165) is 6.42 Å². The molecule has 0 bridgehead atoms. The van der Waals surface area contributed by atoms with Crippen LogP contribution in [0.25, 0.3) is 0 Å². The average Bonchev–Trinajstić information content (AvgIpc) is 2.72. The lowest BCUT2D eigenvalue weighted by Gasteiger charge is -2.11. The molecule has 2 aromatic rings. The smallest absolute Gasteiger partial charge is 0.253 e. The standard InChI is InChI=1S/C20H25N3O5S/c1-3-13-21-20(25)17-6-4-5-7-18(17)23-19(24)12-14-22-29(26,27)16-10-8-15(28-2)9-11-16/h4-11,22H,3,12-14H2,1-2H3,(H,21,25)(H,23,24). The van der Waals surface area contributed by atoms with Crippen LogP contribution in [0.3, 0.4) is 0 Å². The molecule has 3 N–H and O–H groups in total. The van der Waals surface area contributed by atoms with Gasteiger partial charge in [0.25, 0.3) is 5.91 Å². The Morgan fingerprint density at radius 3 is 2.34 bits per heavy atom. The number of nitrogens with one attached hydrogen (secondary N) is 3. The van der Waals surface area contributed by atoms with Crippen molar-refractivity contribution in [1.82, 2.24) is 10.0 Å². The third-order valence-corrected chi connectivity index (χ3v) is 5.47. The van der Waals surface area contributed by atoms with Crippen molar-refractivity contribution in [3.8, 4) is 5.75 Å². The van der Waals surface area contributed by atoms with Crippen LogP contribution in [-0.2, 0) is 14.8 Å². The molecule has 0 radical (unpaired) electrons. The Morgan fingerprint density at radius 1 is 1.00 bits per heavy atom. The Bertz CT molecular complexity index is 943. The number of carbonyl (C=O) groups is 2. The number of amides is 2. The average molecular weight is 420 g/mol. The van der Waals surface area contributed by atoms with Crippen LogP contribution in [0.1, 0.15) is 30.1 Å². The van der Waals surface area contributed by atoms with E-state index in [0.29, 0.717) is 23.5 Å². The number of benzene rings is 2. The van der Waals surface area contributed by atoms with Crippen molar-refractivity contribution in [1.29, 1.82) is 0 Å². The van der Waals surface area contributed by atoms with Gasteiger partial charge in [-0.25, -0.2) is 13.1 Å². The maximum atomic E-state index is 12.3. The topological polar surface area (TPSA) is 114 Å². The van der Waals surface area contributed by atoms with Crippen molar-refractivity contribution in [3.63, 3.8) is 0 Å². The number of anilines is 1. The number of methoxy groups -OCH3 is 1. The van der Waals surface area contributed by atoms with E-state index in [-0.39, 0.29) is 23.8 Å². The molecular weight excluding hydrogens is 394 g/mol. The Morgan fingerprint density at radius 2 is 1.69 bits per heavy atom. The second-order valence-corrected chi connectivity index (χ2v) is 7.94. The van der Waals surface area contributed by atoms with Crippen LogP contribution >= 0.6 is 0 Å². The molecule has 0 atom stereocenters. The van der Waals surface area contributed by atoms with E-state index in [9.17, 15) is 18.0 Å². The fraction of sp³-hybridized carbons (Fsp3) is 0.300. The summed E-state index contributed by atoms with van der Waals surface area (Å²) in [4.78, 5) is 24.5. The summed E-state index contributed by atoms with van der Waals surface area (Å²) in [5.41, 5.74) is 0.734. The summed E-state index contributed by atoms with van der Waals surface area (Å²) in [6.45, 7) is 2.40. The molecule has 0 saturated heterocycles. The first-order chi connectivity index (χ1) is 13.9. The fourth-order valence-corrected chi connectivity index (χ4v) is 3.51. The van der Waals surface area contributed by atoms with Crippen LogP contribution in [0, 0.1) is 0 Å². The van der Waals surface area contributed by atoms with Gasteiger partial charge in [-0.15, -0.1) is 0 Å². The quantitative estimate of drug-likeness (QED) is 0.546. The summed E-state index contributed by atoms with van der Waals surface area (Å²) in [5.74, 6) is -0.133. The molecule has 9 heteroatoms. The molecule has 156 valence electrons. The van der Waals surface area contributed by atoms with Gasteiger partial charge < -0.3 is 15.4 Å². The van der Waals surface area contributed by atoms with Crippen LogP contribution in [0.4, 0.5) is 5.69 Å². The van der Waals surface area contributed by atoms with Gasteiger partial charge in [-0.2, -0.15) is 0 Å². The Balaban J connectivity index is 1.92. The monoisotopic (exact) mass is 419 g/mol. The summed E-state index contributed by atoms with van der Waals surface area (Å²) in [6.07, 6.45) is 0.717. The molecule has 0 saturated carbocycles. The van der Waals surface area contributed by atoms with Crippen molar-refractivity contribution in [2.24, 2.45) is 0 Å². The molecule has 0 aliphatic heterocycles. The summed E-state index contributed by atoms with van der Waals surface area (Å²) in [5, 5.41) is 5.42. The Hall–Kier alpha value is -2.91. The molecule has 0 aliphatic carbocycles. The van der Waals surface area contributed by atoms with Gasteiger partial charge in [-0.05, 0) is 42.8 Å². The van der Waals surface area contributed by atoms with E-state index >= 15 is 0 Å². The van der Waals surface area contributed by atoms with E-state index in [1.54, 1.807) is 36.4 Å². The largest absolute Gasteiger partial charge is 0.497 e. The van der Waals surface area contributed by atoms with Crippen molar-refractivity contribution >= 4 is 27.5 Å². The number of carbonyl (C=O) groups excluding carboxylic acids is 2. The molecule has 29 heavy (non-hydrogen) atoms. The Kier molecular flexibility index (Phi) is 8.17. The Labute approximate surface area is 170 Å². The normalized spacial score (nSPS) is 11.0. The molecule has 0 spiro atoms. The van der Waals surface area contributed by atoms with Gasteiger partial charge in [0.15, 0.2) is 0 Å². The molecule has 0 aliphatic rings. The number of ether oxygens (including phenoxy) is 1. The van der Waals surface area contributed by atoms with Crippen molar-refractivity contribution in [2.45, 2.75) is 24.7 Å². The predicted octanol–water partition coefficient (Wildman–Crippen LogP) is 2.14. The number of rotatable bonds is 10. The van der Waals surface area contributed by atoms with Gasteiger partial charge in [-0.3, -0.25) is 9.59 Å². The maximum absolute atomic E-state index is 12.3. The minimum atomic E-state index is -3.74. The van der Waals surface area contributed by atoms with E-state index in [2.05, 4.69) is 15.4 Å². The molecule has 2 rings (SSSR count). The summed E-state index contributed by atoms with van der Waals surface area (Å²) >= 11 is 0. The highest BCUT2D eigenvalue weighted by Gasteiger charge is 2.16. The zero-order valence-electron chi connectivity index (χ0n) is 16.4. The van der Waals surface area contributed by atoms with E-state index in [1.165, 1.54) is 19.2 Å². The third kappa shape index (κ3) is 6.58. The molecular formula is C20H25N3O5S. The number of hydrogen-bond acceptors (Lipinski definition) is 5. The SMILES string of the molecule is CCCNC(=O)c1ccccc1NC(=O)CCNS(=O)(=O)c1ccc(OC)cc1. The van der Waals surface area contributed by atoms with Crippen molar-refractivity contribution in [3.05, 3.63) is 54.1 Å². The number of sulfonamides is 1. The lowest BCUT2D eigenvalue weighted by Crippen LogP contribution is -2.29. The lowest BCUT2D eigenvalue weighted by atomic mass is 10.1. The van der Waals surface area contributed by atoms with Crippen molar-refractivity contribution < 1.29 is 22.7 Å². The maximum Gasteiger partial charge on any atom is 0.253 e. The third-order valence-electron chi connectivity index (χ3n) is 4.00. The van der Waals surface area contributed by atoms with E-state index < -0.39 is 15.9 Å².